The molecule has 0 aliphatic heterocycles. The van der Waals surface area contributed by atoms with Crippen LogP contribution in [0.3, 0.4) is 0 Å². The van der Waals surface area contributed by atoms with Gasteiger partial charge in [-0.2, -0.15) is 0 Å². The molecule has 5 heavy (non-hydrogen) atoms. The SMILES string of the molecule is C=C.C=C.[Mg]. The van der Waals surface area contributed by atoms with E-state index in [0.29, 0.717) is 0 Å². The Kier molecular flexibility index (Phi) is 2770. The van der Waals surface area contributed by atoms with Crippen LogP contribution in [0.4, 0.5) is 0 Å². The summed E-state index contributed by atoms with van der Waals surface area (Å²) in [4.78, 5) is 0. The molecule has 0 fully saturated rings. The Morgan fingerprint density at radius 1 is 0.600 bits per heavy atom. The van der Waals surface area contributed by atoms with Gasteiger partial charge in [-0.1, -0.05) is 0 Å². The molecule has 0 unspecified atom stereocenters. The van der Waals surface area contributed by atoms with Gasteiger partial charge in [0.1, 0.15) is 0 Å². The van der Waals surface area contributed by atoms with E-state index in [4.69, 9.17) is 0 Å². The van der Waals surface area contributed by atoms with Crippen LogP contribution in [-0.2, 0) is 0 Å². The van der Waals surface area contributed by atoms with Crippen molar-refractivity contribution >= 4 is 23.1 Å². The van der Waals surface area contributed by atoms with Crippen molar-refractivity contribution in [3.05, 3.63) is 26.3 Å². The van der Waals surface area contributed by atoms with E-state index >= 15 is 0 Å². The maximum Gasteiger partial charge on any atom is 0 e. The van der Waals surface area contributed by atoms with Crippen LogP contribution in [0.5, 0.6) is 0 Å². The van der Waals surface area contributed by atoms with Crippen LogP contribution in [0.2, 0.25) is 0 Å². The predicted octanol–water partition coefficient (Wildman–Crippen LogP) is 1.22. The monoisotopic (exact) mass is 80.0 g/mol. The number of hydrogen-bond donors (Lipinski definition) is 0. The minimum absolute atomic E-state index is 0. The van der Waals surface area contributed by atoms with Crippen LogP contribution < -0.4 is 0 Å². The van der Waals surface area contributed by atoms with Crippen LogP contribution in [0.1, 0.15) is 0 Å². The normalized spacial score (nSPS) is 1.60. The van der Waals surface area contributed by atoms with Gasteiger partial charge in [-0.3, -0.25) is 0 Å². The van der Waals surface area contributed by atoms with Gasteiger partial charge in [0, 0.05) is 23.1 Å². The molecule has 0 aliphatic carbocycles. The lowest BCUT2D eigenvalue weighted by molar-refractivity contribution is 2.81. The summed E-state index contributed by atoms with van der Waals surface area (Å²) in [6.07, 6.45) is 0. The largest absolute Gasteiger partial charge is 0.106 e. The molecule has 0 aromatic rings. The van der Waals surface area contributed by atoms with Gasteiger partial charge in [-0.05, 0) is 0 Å². The molecule has 1 heteroatoms. The summed E-state index contributed by atoms with van der Waals surface area (Å²) in [5, 5.41) is 0. The second-order valence-electron chi connectivity index (χ2n) is 0. The van der Waals surface area contributed by atoms with Crippen LogP contribution >= 0.6 is 0 Å². The van der Waals surface area contributed by atoms with Gasteiger partial charge in [-0.15, -0.1) is 26.3 Å². The molecule has 0 aromatic heterocycles. The highest BCUT2D eigenvalue weighted by atomic mass is 24.3. The molecule has 0 bridgehead atoms. The lowest BCUT2D eigenvalue weighted by Gasteiger charge is -0.813. The Hall–Kier alpha value is 0.246. The first-order valence-corrected chi connectivity index (χ1v) is 1.000. The van der Waals surface area contributed by atoms with Crippen molar-refractivity contribution < 1.29 is 0 Å². The van der Waals surface area contributed by atoms with Crippen molar-refractivity contribution in [2.75, 3.05) is 0 Å². The Labute approximate surface area is 49.7 Å². The van der Waals surface area contributed by atoms with E-state index in [9.17, 15) is 0 Å². The lowest BCUT2D eigenvalue weighted by atomic mass is 11.3. The highest BCUT2D eigenvalue weighted by Crippen LogP contribution is 0.864. The summed E-state index contributed by atoms with van der Waals surface area (Å²) in [5.74, 6) is 0. The quantitative estimate of drug-likeness (QED) is 0.303. The standard InChI is InChI=1S/2C2H4.Mg/c2*1-2;/h2*1-2H2;. The van der Waals surface area contributed by atoms with E-state index in [1.54, 1.807) is 0 Å². The molecule has 0 saturated heterocycles. The van der Waals surface area contributed by atoms with Gasteiger partial charge in [0.25, 0.3) is 0 Å². The fraction of sp³-hybridized carbons (Fsp3) is 0. The van der Waals surface area contributed by atoms with Gasteiger partial charge in [0.15, 0.2) is 0 Å². The van der Waals surface area contributed by atoms with Crippen molar-refractivity contribution in [1.82, 2.24) is 0 Å². The highest BCUT2D eigenvalue weighted by molar-refractivity contribution is 5.75. The topological polar surface area (TPSA) is 0 Å². The zero-order valence-corrected chi connectivity index (χ0v) is 4.95. The smallest absolute Gasteiger partial charge is 0 e. The predicted molar refractivity (Wildman–Crippen MR) is 28.3 cm³/mol. The zero-order chi connectivity index (χ0) is 4.00. The molecule has 0 amide bonds. The molecule has 0 aliphatic rings. The minimum atomic E-state index is 0. The van der Waals surface area contributed by atoms with Gasteiger partial charge in [0.05, 0.1) is 0 Å². The number of hydrogen-bond acceptors (Lipinski definition) is 0. The molecule has 0 saturated carbocycles. The summed E-state index contributed by atoms with van der Waals surface area (Å²) in [6, 6.07) is 0. The first kappa shape index (κ1) is 18.7. The van der Waals surface area contributed by atoms with Gasteiger partial charge < -0.3 is 0 Å². The van der Waals surface area contributed by atoms with Crippen LogP contribution in [0.15, 0.2) is 26.3 Å². The van der Waals surface area contributed by atoms with Crippen LogP contribution in [-0.4, -0.2) is 23.1 Å². The van der Waals surface area contributed by atoms with Crippen molar-refractivity contribution in [3.8, 4) is 0 Å². The van der Waals surface area contributed by atoms with E-state index in [-0.39, 0.29) is 23.1 Å². The molecule has 0 spiro atoms. The van der Waals surface area contributed by atoms with Gasteiger partial charge in [-0.25, -0.2) is 0 Å². The lowest BCUT2D eigenvalue weighted by Crippen LogP contribution is -0.552. The summed E-state index contributed by atoms with van der Waals surface area (Å²) in [7, 11) is 0. The molecule has 0 N–H and O–H groups in total. The fourth-order valence-electron chi connectivity index (χ4n) is 0. The molecule has 0 rings (SSSR count). The first-order chi connectivity index (χ1) is 2.00. The molecule has 26 valence electrons. The molecule has 0 nitrogen and oxygen atoms in total. The first-order valence-electron chi connectivity index (χ1n) is 1.000. The van der Waals surface area contributed by atoms with Crippen molar-refractivity contribution in [2.24, 2.45) is 0 Å². The summed E-state index contributed by atoms with van der Waals surface area (Å²) in [6.45, 7) is 12.0. The molecule has 0 aromatic carbocycles. The van der Waals surface area contributed by atoms with E-state index in [2.05, 4.69) is 26.3 Å². The number of rotatable bonds is 0. The molecular formula is C4H8Mg. The fourth-order valence-corrected chi connectivity index (χ4v) is 0. The van der Waals surface area contributed by atoms with Crippen molar-refractivity contribution in [1.29, 1.82) is 0 Å². The second-order valence-corrected chi connectivity index (χ2v) is 0. The molecule has 2 radical (unpaired) electrons. The maximum absolute atomic E-state index is 3.00. The maximum atomic E-state index is 3.00. The Bertz CT molecular complexity index is 5.61. The second kappa shape index (κ2) is 738. The van der Waals surface area contributed by atoms with E-state index in [0.717, 1.165) is 0 Å². The third-order valence-electron chi connectivity index (χ3n) is 0. The Morgan fingerprint density at radius 3 is 0.600 bits per heavy atom. The average molecular weight is 80.4 g/mol. The van der Waals surface area contributed by atoms with E-state index in [1.807, 2.05) is 0 Å². The van der Waals surface area contributed by atoms with Gasteiger partial charge >= 0.3 is 0 Å². The molecule has 0 atom stereocenters. The summed E-state index contributed by atoms with van der Waals surface area (Å²) < 4.78 is 0. The Balaban J connectivity index is -0.0000000133. The average Bonchev–Trinajstić information content (AvgIpc) is 1.50. The van der Waals surface area contributed by atoms with Crippen molar-refractivity contribution in [2.45, 2.75) is 0 Å². The highest BCUT2D eigenvalue weighted by Gasteiger charge is 0.603. The summed E-state index contributed by atoms with van der Waals surface area (Å²) >= 11 is 0. The Morgan fingerprint density at radius 2 is 0.600 bits per heavy atom. The van der Waals surface area contributed by atoms with Crippen molar-refractivity contribution in [3.63, 3.8) is 0 Å². The van der Waals surface area contributed by atoms with Crippen LogP contribution in [0.25, 0.3) is 0 Å². The van der Waals surface area contributed by atoms with Gasteiger partial charge in [0.2, 0.25) is 0 Å². The molecule has 0 heterocycles. The summed E-state index contributed by atoms with van der Waals surface area (Å²) in [5.41, 5.74) is 0. The van der Waals surface area contributed by atoms with Crippen LogP contribution in [0, 0.1) is 0 Å². The third kappa shape index (κ3) is 353. The minimum Gasteiger partial charge on any atom is -0.106 e. The van der Waals surface area contributed by atoms with E-state index < -0.39 is 0 Å². The third-order valence-corrected chi connectivity index (χ3v) is 0. The molecular weight excluding hydrogens is 72.3 g/mol. The van der Waals surface area contributed by atoms with E-state index in [1.165, 1.54) is 0 Å². The zero-order valence-electron chi connectivity index (χ0n) is 3.54.